The maximum Gasteiger partial charge on any atom is 0.410 e. The Hall–Kier alpha value is -0.550. The number of halogens is 1. The number of hydrogen-bond acceptors (Lipinski definition) is 3. The van der Waals surface area contributed by atoms with Crippen molar-refractivity contribution in [1.29, 1.82) is 0 Å². The summed E-state index contributed by atoms with van der Waals surface area (Å²) in [6.07, 6.45) is 0.686. The molecule has 0 aromatic carbocycles. The third kappa shape index (κ3) is 2.88. The highest BCUT2D eigenvalue weighted by molar-refractivity contribution is 9.11. The molecular formula is C13H18BrNO2S. The SMILES string of the molecule is CC1c2sc(Br)cc2CCN1C(=O)OC(C)(C)C. The number of carbonyl (C=O) groups is 1. The first kappa shape index (κ1) is 13.9. The van der Waals surface area contributed by atoms with Crippen molar-refractivity contribution in [2.24, 2.45) is 0 Å². The quantitative estimate of drug-likeness (QED) is 0.706. The highest BCUT2D eigenvalue weighted by atomic mass is 79.9. The average Bonchev–Trinajstić information content (AvgIpc) is 2.57. The summed E-state index contributed by atoms with van der Waals surface area (Å²) in [7, 11) is 0. The summed E-state index contributed by atoms with van der Waals surface area (Å²) in [5.41, 5.74) is 0.909. The monoisotopic (exact) mass is 331 g/mol. The van der Waals surface area contributed by atoms with Gasteiger partial charge in [-0.15, -0.1) is 11.3 Å². The second-order valence-corrected chi connectivity index (χ2v) is 8.00. The molecule has 1 unspecified atom stereocenters. The lowest BCUT2D eigenvalue weighted by Gasteiger charge is -2.34. The number of ether oxygens (including phenoxy) is 1. The molecule has 100 valence electrons. The summed E-state index contributed by atoms with van der Waals surface area (Å²) in [6, 6.07) is 2.25. The van der Waals surface area contributed by atoms with Crippen LogP contribution in [-0.4, -0.2) is 23.1 Å². The zero-order chi connectivity index (χ0) is 13.5. The van der Waals surface area contributed by atoms with Crippen LogP contribution < -0.4 is 0 Å². The molecule has 1 aromatic heterocycles. The third-order valence-corrected chi connectivity index (χ3v) is 4.76. The fourth-order valence-electron chi connectivity index (χ4n) is 2.10. The van der Waals surface area contributed by atoms with Gasteiger partial charge < -0.3 is 9.64 Å². The number of amides is 1. The van der Waals surface area contributed by atoms with Crippen LogP contribution in [-0.2, 0) is 11.2 Å². The average molecular weight is 332 g/mol. The topological polar surface area (TPSA) is 29.5 Å². The third-order valence-electron chi connectivity index (χ3n) is 2.91. The Balaban J connectivity index is 2.16. The van der Waals surface area contributed by atoms with Gasteiger partial charge in [0.1, 0.15) is 5.60 Å². The van der Waals surface area contributed by atoms with E-state index >= 15 is 0 Å². The molecule has 0 saturated carbocycles. The number of fused-ring (bicyclic) bond motifs is 1. The van der Waals surface area contributed by atoms with Crippen LogP contribution in [0.1, 0.15) is 44.2 Å². The summed E-state index contributed by atoms with van der Waals surface area (Å²) >= 11 is 5.21. The van der Waals surface area contributed by atoms with Crippen molar-refractivity contribution in [2.45, 2.75) is 45.8 Å². The lowest BCUT2D eigenvalue weighted by molar-refractivity contribution is 0.0164. The van der Waals surface area contributed by atoms with Crippen molar-refractivity contribution in [3.63, 3.8) is 0 Å². The Labute approximate surface area is 120 Å². The molecule has 1 atom stereocenters. The predicted octanol–water partition coefficient (Wildman–Crippen LogP) is 4.36. The number of nitrogens with zero attached hydrogens (tertiary/aromatic N) is 1. The van der Waals surface area contributed by atoms with Crippen LogP contribution in [0.15, 0.2) is 9.85 Å². The van der Waals surface area contributed by atoms with E-state index in [1.54, 1.807) is 11.3 Å². The van der Waals surface area contributed by atoms with E-state index in [-0.39, 0.29) is 12.1 Å². The molecule has 18 heavy (non-hydrogen) atoms. The molecule has 5 heteroatoms. The molecular weight excluding hydrogens is 314 g/mol. The van der Waals surface area contributed by atoms with Crippen LogP contribution in [0.4, 0.5) is 4.79 Å². The summed E-state index contributed by atoms with van der Waals surface area (Å²) in [6.45, 7) is 8.48. The van der Waals surface area contributed by atoms with Crippen LogP contribution in [0.5, 0.6) is 0 Å². The van der Waals surface area contributed by atoms with Crippen LogP contribution in [0.2, 0.25) is 0 Å². The lowest BCUT2D eigenvalue weighted by atomic mass is 10.0. The first-order valence-electron chi connectivity index (χ1n) is 6.05. The zero-order valence-corrected chi connectivity index (χ0v) is 13.5. The Bertz CT molecular complexity index is 464. The minimum atomic E-state index is -0.437. The van der Waals surface area contributed by atoms with Crippen LogP contribution in [0, 0.1) is 0 Å². The van der Waals surface area contributed by atoms with Gasteiger partial charge in [-0.2, -0.15) is 0 Å². The van der Waals surface area contributed by atoms with Crippen LogP contribution in [0.3, 0.4) is 0 Å². The maximum atomic E-state index is 12.1. The van der Waals surface area contributed by atoms with Gasteiger partial charge in [0.2, 0.25) is 0 Å². The van der Waals surface area contributed by atoms with Gasteiger partial charge >= 0.3 is 6.09 Å². The zero-order valence-electron chi connectivity index (χ0n) is 11.1. The summed E-state index contributed by atoms with van der Waals surface area (Å²) in [5.74, 6) is 0. The molecule has 0 N–H and O–H groups in total. The molecule has 0 radical (unpaired) electrons. The fraction of sp³-hybridized carbons (Fsp3) is 0.615. The Kier molecular flexibility index (Phi) is 3.74. The van der Waals surface area contributed by atoms with E-state index in [0.29, 0.717) is 0 Å². The van der Waals surface area contributed by atoms with Crippen molar-refractivity contribution < 1.29 is 9.53 Å². The predicted molar refractivity (Wildman–Crippen MR) is 77.1 cm³/mol. The van der Waals surface area contributed by atoms with E-state index in [1.807, 2.05) is 25.7 Å². The molecule has 3 nitrogen and oxygen atoms in total. The Morgan fingerprint density at radius 1 is 1.56 bits per heavy atom. The first-order chi connectivity index (χ1) is 8.28. The Morgan fingerprint density at radius 3 is 2.83 bits per heavy atom. The normalized spacial score (nSPS) is 19.6. The van der Waals surface area contributed by atoms with Gasteiger partial charge in [-0.1, -0.05) is 0 Å². The van der Waals surface area contributed by atoms with E-state index in [4.69, 9.17) is 4.74 Å². The molecule has 1 aliphatic rings. The highest BCUT2D eigenvalue weighted by Crippen LogP contribution is 2.38. The van der Waals surface area contributed by atoms with Crippen molar-refractivity contribution in [3.05, 3.63) is 20.3 Å². The van der Waals surface area contributed by atoms with Gasteiger partial charge in [0.25, 0.3) is 0 Å². The molecule has 0 bridgehead atoms. The van der Waals surface area contributed by atoms with Gasteiger partial charge in [-0.05, 0) is 61.7 Å². The summed E-state index contributed by atoms with van der Waals surface area (Å²) in [5, 5.41) is 0. The number of hydrogen-bond donors (Lipinski definition) is 0. The minimum absolute atomic E-state index is 0.0971. The van der Waals surface area contributed by atoms with E-state index in [0.717, 1.165) is 16.8 Å². The molecule has 0 aliphatic carbocycles. The molecule has 1 amide bonds. The molecule has 0 saturated heterocycles. The maximum absolute atomic E-state index is 12.1. The van der Waals surface area contributed by atoms with Crippen molar-refractivity contribution in [1.82, 2.24) is 4.90 Å². The van der Waals surface area contributed by atoms with E-state index < -0.39 is 5.60 Å². The van der Waals surface area contributed by atoms with Crippen LogP contribution in [0.25, 0.3) is 0 Å². The summed E-state index contributed by atoms with van der Waals surface area (Å²) < 4.78 is 6.58. The molecule has 0 fully saturated rings. The van der Waals surface area contributed by atoms with E-state index in [2.05, 4.69) is 28.9 Å². The smallest absolute Gasteiger partial charge is 0.410 e. The van der Waals surface area contributed by atoms with Crippen molar-refractivity contribution >= 4 is 33.4 Å². The second kappa shape index (κ2) is 4.85. The molecule has 1 aromatic rings. The van der Waals surface area contributed by atoms with Crippen molar-refractivity contribution in [2.75, 3.05) is 6.54 Å². The second-order valence-electron chi connectivity index (χ2n) is 5.54. The summed E-state index contributed by atoms with van der Waals surface area (Å²) in [4.78, 5) is 15.2. The number of carbonyl (C=O) groups excluding carboxylic acids is 1. The molecule has 1 aliphatic heterocycles. The van der Waals surface area contributed by atoms with E-state index in [9.17, 15) is 4.79 Å². The van der Waals surface area contributed by atoms with Crippen molar-refractivity contribution in [3.8, 4) is 0 Å². The number of thiophene rings is 1. The molecule has 0 spiro atoms. The van der Waals surface area contributed by atoms with Gasteiger partial charge in [0.05, 0.1) is 9.83 Å². The van der Waals surface area contributed by atoms with Gasteiger partial charge in [0.15, 0.2) is 0 Å². The first-order valence-corrected chi connectivity index (χ1v) is 7.66. The fourth-order valence-corrected chi connectivity index (χ4v) is 3.90. The largest absolute Gasteiger partial charge is 0.444 e. The van der Waals surface area contributed by atoms with Gasteiger partial charge in [0, 0.05) is 11.4 Å². The minimum Gasteiger partial charge on any atom is -0.444 e. The van der Waals surface area contributed by atoms with Gasteiger partial charge in [-0.3, -0.25) is 0 Å². The molecule has 2 heterocycles. The standard InChI is InChI=1S/C13H18BrNO2S/c1-8-11-9(7-10(14)18-11)5-6-15(8)12(16)17-13(2,3)4/h7-8H,5-6H2,1-4H3. The van der Waals surface area contributed by atoms with Crippen LogP contribution >= 0.6 is 27.3 Å². The number of rotatable bonds is 0. The highest BCUT2D eigenvalue weighted by Gasteiger charge is 2.32. The lowest BCUT2D eigenvalue weighted by Crippen LogP contribution is -2.41. The van der Waals surface area contributed by atoms with E-state index in [1.165, 1.54) is 10.4 Å². The molecule has 2 rings (SSSR count). The Morgan fingerprint density at radius 2 is 2.22 bits per heavy atom. The van der Waals surface area contributed by atoms with Gasteiger partial charge in [-0.25, -0.2) is 4.79 Å².